The third-order valence-corrected chi connectivity index (χ3v) is 4.21. The van der Waals surface area contributed by atoms with E-state index < -0.39 is 35.8 Å². The molecule has 1 heterocycles. The summed E-state index contributed by atoms with van der Waals surface area (Å²) in [6.07, 6.45) is -2.53. The molecule has 0 radical (unpaired) electrons. The van der Waals surface area contributed by atoms with E-state index >= 15 is 0 Å². The zero-order valence-electron chi connectivity index (χ0n) is 9.18. The first-order valence-electron chi connectivity index (χ1n) is 5.65. The average Bonchev–Trinajstić information content (AvgIpc) is 2.78. The van der Waals surface area contributed by atoms with Crippen molar-refractivity contribution in [2.75, 3.05) is 0 Å². The normalized spacial score (nSPS) is 49.4. The van der Waals surface area contributed by atoms with Gasteiger partial charge in [0.15, 0.2) is 0 Å². The Morgan fingerprint density at radius 2 is 1.89 bits per heavy atom. The molecule has 4 atom stereocenters. The van der Waals surface area contributed by atoms with Crippen LogP contribution in [0.5, 0.6) is 0 Å². The molecule has 0 aromatic heterocycles. The number of alkyl halides is 5. The van der Waals surface area contributed by atoms with E-state index in [1.807, 2.05) is 6.08 Å². The lowest BCUT2D eigenvalue weighted by Gasteiger charge is -2.34. The molecule has 2 bridgehead atoms. The molecule has 7 heteroatoms. The smallest absolute Gasteiger partial charge is 0.354 e. The van der Waals surface area contributed by atoms with E-state index in [1.165, 1.54) is 0 Å². The van der Waals surface area contributed by atoms with E-state index in [0.717, 1.165) is 0 Å². The van der Waals surface area contributed by atoms with Crippen LogP contribution in [0.1, 0.15) is 19.3 Å². The van der Waals surface area contributed by atoms with Crippen LogP contribution in [0.25, 0.3) is 0 Å². The summed E-state index contributed by atoms with van der Waals surface area (Å²) in [5, 5.41) is 9.29. The van der Waals surface area contributed by atoms with Crippen molar-refractivity contribution in [2.24, 2.45) is 11.8 Å². The zero-order chi connectivity index (χ0) is 13.4. The molecular weight excluding hydrogens is 259 g/mol. The van der Waals surface area contributed by atoms with E-state index in [4.69, 9.17) is 0 Å². The number of ether oxygens (including phenoxy) is 1. The van der Waals surface area contributed by atoms with Crippen LogP contribution in [0, 0.1) is 11.8 Å². The van der Waals surface area contributed by atoms with Crippen molar-refractivity contribution in [1.29, 1.82) is 0 Å². The van der Waals surface area contributed by atoms with Crippen LogP contribution < -0.4 is 0 Å². The van der Waals surface area contributed by atoms with Crippen LogP contribution in [0.15, 0.2) is 12.2 Å². The predicted molar refractivity (Wildman–Crippen MR) is 49.7 cm³/mol. The molecule has 1 spiro atoms. The number of halogens is 5. The Morgan fingerprint density at radius 1 is 1.22 bits per heavy atom. The van der Waals surface area contributed by atoms with Crippen LogP contribution in [-0.4, -0.2) is 28.6 Å². The highest BCUT2D eigenvalue weighted by Crippen LogP contribution is 2.63. The van der Waals surface area contributed by atoms with Crippen LogP contribution in [-0.2, 0) is 4.74 Å². The van der Waals surface area contributed by atoms with Crippen molar-refractivity contribution >= 4 is 0 Å². The summed E-state index contributed by atoms with van der Waals surface area (Å²) in [5.74, 6) is -9.17. The molecule has 18 heavy (non-hydrogen) atoms. The highest BCUT2D eigenvalue weighted by Gasteiger charge is 2.80. The van der Waals surface area contributed by atoms with Gasteiger partial charge in [-0.15, -0.1) is 0 Å². The summed E-state index contributed by atoms with van der Waals surface area (Å²) in [6.45, 7) is 0. The minimum absolute atomic E-state index is 0.0265. The van der Waals surface area contributed by atoms with E-state index in [2.05, 4.69) is 4.74 Å². The number of fused-ring (bicyclic) bond motifs is 3. The molecule has 2 nitrogen and oxygen atoms in total. The molecule has 1 saturated heterocycles. The summed E-state index contributed by atoms with van der Waals surface area (Å²) in [7, 11) is 0. The van der Waals surface area contributed by atoms with Gasteiger partial charge < -0.3 is 9.84 Å². The van der Waals surface area contributed by atoms with Gasteiger partial charge in [0.25, 0.3) is 0 Å². The third kappa shape index (κ3) is 1.29. The van der Waals surface area contributed by atoms with Crippen molar-refractivity contribution in [1.82, 2.24) is 0 Å². The molecule has 1 aliphatic heterocycles. The lowest BCUT2D eigenvalue weighted by atomic mass is 9.84. The number of rotatable bonds is 0. The van der Waals surface area contributed by atoms with Gasteiger partial charge in [-0.3, -0.25) is 0 Å². The molecule has 2 fully saturated rings. The number of aliphatic hydroxyl groups is 1. The zero-order valence-corrected chi connectivity index (χ0v) is 9.18. The SMILES string of the molecule is OC1(C(F)(F)F)OC2(CC3C=CC2C3)CC1(F)F. The lowest BCUT2D eigenvalue weighted by molar-refractivity contribution is -0.414. The summed E-state index contributed by atoms with van der Waals surface area (Å²) in [5.41, 5.74) is -1.58. The van der Waals surface area contributed by atoms with E-state index in [-0.39, 0.29) is 12.3 Å². The maximum Gasteiger partial charge on any atom is 0.449 e. The minimum atomic E-state index is -5.51. The Hall–Kier alpha value is -0.690. The molecule has 2 aliphatic carbocycles. The molecule has 4 unspecified atom stereocenters. The minimum Gasteiger partial charge on any atom is -0.354 e. The van der Waals surface area contributed by atoms with Crippen molar-refractivity contribution in [3.63, 3.8) is 0 Å². The van der Waals surface area contributed by atoms with Gasteiger partial charge in [-0.25, -0.2) is 8.78 Å². The summed E-state index contributed by atoms with van der Waals surface area (Å²) in [6, 6.07) is 0. The monoisotopic (exact) mass is 270 g/mol. The standard InChI is InChI=1S/C11H11F5O2/c12-9(13)5-8(4-6-1-2-7(8)3-6)18-10(9,17)11(14,15)16/h1-2,6-7,17H,3-5H2. The van der Waals surface area contributed by atoms with Gasteiger partial charge >= 0.3 is 17.9 Å². The van der Waals surface area contributed by atoms with Gasteiger partial charge in [0.1, 0.15) is 0 Å². The molecule has 3 aliphatic rings. The van der Waals surface area contributed by atoms with Gasteiger partial charge in [0.2, 0.25) is 0 Å². The molecular formula is C11H11F5O2. The molecule has 0 aromatic rings. The first-order valence-corrected chi connectivity index (χ1v) is 5.65. The van der Waals surface area contributed by atoms with Crippen LogP contribution in [0.2, 0.25) is 0 Å². The predicted octanol–water partition coefficient (Wildman–Crippen LogP) is 2.63. The summed E-state index contributed by atoms with van der Waals surface area (Å²) in [4.78, 5) is 0. The fourth-order valence-corrected chi connectivity index (χ4v) is 3.40. The first kappa shape index (κ1) is 12.3. The Labute approximate surface area is 99.4 Å². The highest BCUT2D eigenvalue weighted by atomic mass is 19.4. The Bertz CT molecular complexity index is 418. The van der Waals surface area contributed by atoms with E-state index in [1.54, 1.807) is 6.08 Å². The van der Waals surface area contributed by atoms with Crippen molar-refractivity contribution in [3.05, 3.63) is 12.2 Å². The first-order chi connectivity index (χ1) is 8.10. The second kappa shape index (κ2) is 3.07. The van der Waals surface area contributed by atoms with Gasteiger partial charge in [0, 0.05) is 12.3 Å². The van der Waals surface area contributed by atoms with Gasteiger partial charge in [0.05, 0.1) is 5.60 Å². The van der Waals surface area contributed by atoms with Crippen molar-refractivity contribution in [3.8, 4) is 0 Å². The fourth-order valence-electron chi connectivity index (χ4n) is 3.40. The Balaban J connectivity index is 1.99. The number of allylic oxidation sites excluding steroid dienone is 1. The van der Waals surface area contributed by atoms with Crippen molar-refractivity contribution in [2.45, 2.75) is 42.7 Å². The molecule has 0 aromatic carbocycles. The second-order valence-electron chi connectivity index (χ2n) is 5.38. The number of hydrogen-bond donors (Lipinski definition) is 1. The molecule has 102 valence electrons. The summed E-state index contributed by atoms with van der Waals surface area (Å²) < 4.78 is 69.7. The van der Waals surface area contributed by atoms with Crippen LogP contribution >= 0.6 is 0 Å². The fraction of sp³-hybridized carbons (Fsp3) is 0.818. The van der Waals surface area contributed by atoms with E-state index in [0.29, 0.717) is 6.42 Å². The molecule has 0 amide bonds. The van der Waals surface area contributed by atoms with E-state index in [9.17, 15) is 27.1 Å². The van der Waals surface area contributed by atoms with Crippen LogP contribution in [0.4, 0.5) is 22.0 Å². The maximum absolute atomic E-state index is 13.6. The maximum atomic E-state index is 13.6. The quantitative estimate of drug-likeness (QED) is 0.541. The van der Waals surface area contributed by atoms with Crippen molar-refractivity contribution < 1.29 is 31.8 Å². The Kier molecular flexibility index (Phi) is 2.10. The number of hydrogen-bond acceptors (Lipinski definition) is 2. The highest BCUT2D eigenvalue weighted by molar-refractivity contribution is 5.22. The lowest BCUT2D eigenvalue weighted by Crippen LogP contribution is -2.56. The largest absolute Gasteiger partial charge is 0.449 e. The average molecular weight is 270 g/mol. The molecule has 3 rings (SSSR count). The van der Waals surface area contributed by atoms with Gasteiger partial charge in [-0.2, -0.15) is 13.2 Å². The third-order valence-electron chi connectivity index (χ3n) is 4.21. The molecule has 1 saturated carbocycles. The Morgan fingerprint density at radius 3 is 2.28 bits per heavy atom. The molecule has 1 N–H and O–H groups in total. The van der Waals surface area contributed by atoms with Crippen LogP contribution in [0.3, 0.4) is 0 Å². The summed E-state index contributed by atoms with van der Waals surface area (Å²) >= 11 is 0. The van der Waals surface area contributed by atoms with Gasteiger partial charge in [-0.05, 0) is 18.8 Å². The topological polar surface area (TPSA) is 29.5 Å². The van der Waals surface area contributed by atoms with Gasteiger partial charge in [-0.1, -0.05) is 12.2 Å². The second-order valence-corrected chi connectivity index (χ2v) is 5.38.